The van der Waals surface area contributed by atoms with Crippen molar-refractivity contribution in [1.82, 2.24) is 19.2 Å². The predicted molar refractivity (Wildman–Crippen MR) is 138 cm³/mol. The summed E-state index contributed by atoms with van der Waals surface area (Å²) in [6.07, 6.45) is 2.83. The zero-order valence-electron chi connectivity index (χ0n) is 19.6. The summed E-state index contributed by atoms with van der Waals surface area (Å²) < 4.78 is 28.5. The van der Waals surface area contributed by atoms with Gasteiger partial charge in [-0.1, -0.05) is 23.7 Å². The molecule has 10 nitrogen and oxygen atoms in total. The van der Waals surface area contributed by atoms with E-state index in [4.69, 9.17) is 17.3 Å². The third kappa shape index (κ3) is 4.86. The molecule has 5 rings (SSSR count). The summed E-state index contributed by atoms with van der Waals surface area (Å²) in [4.78, 5) is 23.0. The number of sulfonamides is 1. The Kier molecular flexibility index (Phi) is 6.78. The van der Waals surface area contributed by atoms with E-state index in [-0.39, 0.29) is 43.4 Å². The van der Waals surface area contributed by atoms with Crippen molar-refractivity contribution in [2.24, 2.45) is 5.73 Å². The van der Waals surface area contributed by atoms with Gasteiger partial charge in [0.25, 0.3) is 5.91 Å². The topological polar surface area (TPSA) is 136 Å². The Morgan fingerprint density at radius 2 is 1.68 bits per heavy atom. The van der Waals surface area contributed by atoms with Crippen molar-refractivity contribution in [3.8, 4) is 11.3 Å². The van der Waals surface area contributed by atoms with Crippen LogP contribution in [-0.4, -0.2) is 59.7 Å². The molecular formula is C25H23ClN6O4S. The lowest BCUT2D eigenvalue weighted by Gasteiger charge is -2.33. The molecule has 1 aliphatic heterocycles. The number of nitrogens with two attached hydrogens (primary N) is 1. The van der Waals surface area contributed by atoms with Gasteiger partial charge in [-0.2, -0.15) is 9.04 Å². The molecule has 1 amide bonds. The second-order valence-electron chi connectivity index (χ2n) is 8.55. The van der Waals surface area contributed by atoms with Crippen LogP contribution in [0.4, 0.5) is 0 Å². The summed E-state index contributed by atoms with van der Waals surface area (Å²) in [5, 5.41) is 14.6. The molecule has 2 aromatic carbocycles. The highest BCUT2D eigenvalue weighted by Crippen LogP contribution is 2.25. The summed E-state index contributed by atoms with van der Waals surface area (Å²) in [5.74, 6) is -0.433. The lowest BCUT2D eigenvalue weighted by atomic mass is 10.1. The van der Waals surface area contributed by atoms with Crippen LogP contribution in [0.3, 0.4) is 0 Å². The average Bonchev–Trinajstić information content (AvgIpc) is 2.92. The van der Waals surface area contributed by atoms with Crippen molar-refractivity contribution < 1.29 is 17.9 Å². The molecular weight excluding hydrogens is 516 g/mol. The molecule has 4 aromatic rings. The van der Waals surface area contributed by atoms with Crippen molar-refractivity contribution in [2.45, 2.75) is 11.4 Å². The number of rotatable bonds is 5. The van der Waals surface area contributed by atoms with E-state index >= 15 is 0 Å². The second kappa shape index (κ2) is 10.0. The first-order chi connectivity index (χ1) is 17.8. The van der Waals surface area contributed by atoms with Crippen LogP contribution in [0.1, 0.15) is 16.3 Å². The highest BCUT2D eigenvalue weighted by molar-refractivity contribution is 7.89. The summed E-state index contributed by atoms with van der Waals surface area (Å²) in [7, 11) is -3.73. The third-order valence-electron chi connectivity index (χ3n) is 6.31. The molecule has 0 aliphatic carbocycles. The third-order valence-corrected chi connectivity index (χ3v) is 8.44. The van der Waals surface area contributed by atoms with Crippen molar-refractivity contribution in [2.75, 3.05) is 26.2 Å². The summed E-state index contributed by atoms with van der Waals surface area (Å²) in [5.41, 5.74) is 6.78. The van der Waals surface area contributed by atoms with Crippen LogP contribution in [0.2, 0.25) is 5.02 Å². The van der Waals surface area contributed by atoms with E-state index in [0.717, 1.165) is 10.8 Å². The molecule has 3 heterocycles. The van der Waals surface area contributed by atoms with E-state index < -0.39 is 15.9 Å². The molecule has 1 fully saturated rings. The number of hydrogen-bond acceptors (Lipinski definition) is 7. The Bertz CT molecular complexity index is 1590. The molecule has 190 valence electrons. The molecule has 2 N–H and O–H groups in total. The molecule has 0 saturated carbocycles. The molecule has 0 spiro atoms. The number of carbonyl (C=O) groups excluding carboxylic acids is 1. The first-order valence-corrected chi connectivity index (χ1v) is 13.3. The summed E-state index contributed by atoms with van der Waals surface area (Å²) in [6, 6.07) is 15.2. The number of fused-ring (bicyclic) bond motifs is 1. The SMILES string of the molecule is NCc1cccc(-c2cnc(C(=O)N3CCN(S(=O)(=O)c4ccc5cc(Cl)ccc5c4)CC3)nc2)[n+]1[O-]. The quantitative estimate of drug-likeness (QED) is 0.304. The molecule has 1 saturated heterocycles. The van der Waals surface area contributed by atoms with Crippen LogP contribution in [0.5, 0.6) is 0 Å². The fourth-order valence-corrected chi connectivity index (χ4v) is 5.89. The average molecular weight is 539 g/mol. The van der Waals surface area contributed by atoms with Gasteiger partial charge in [0.05, 0.1) is 17.0 Å². The van der Waals surface area contributed by atoms with Crippen LogP contribution in [0, 0.1) is 5.21 Å². The number of hydrogen-bond donors (Lipinski definition) is 1. The van der Waals surface area contributed by atoms with Crippen molar-refractivity contribution in [3.05, 3.63) is 88.7 Å². The van der Waals surface area contributed by atoms with E-state index in [0.29, 0.717) is 26.7 Å². The van der Waals surface area contributed by atoms with Gasteiger partial charge in [-0.3, -0.25) is 4.79 Å². The van der Waals surface area contributed by atoms with Gasteiger partial charge in [-0.25, -0.2) is 18.4 Å². The van der Waals surface area contributed by atoms with E-state index in [1.807, 2.05) is 0 Å². The molecule has 37 heavy (non-hydrogen) atoms. The highest BCUT2D eigenvalue weighted by atomic mass is 35.5. The first-order valence-electron chi connectivity index (χ1n) is 11.5. The summed E-state index contributed by atoms with van der Waals surface area (Å²) in [6.45, 7) is 0.781. The van der Waals surface area contributed by atoms with Gasteiger partial charge in [0.15, 0.2) is 0 Å². The number of piperazine rings is 1. The molecule has 0 bridgehead atoms. The van der Waals surface area contributed by atoms with E-state index in [2.05, 4.69) is 9.97 Å². The standard InChI is InChI=1S/C25H23ClN6O4S/c26-20-6-4-18-13-22(7-5-17(18)12-20)37(35,36)31-10-8-30(9-11-31)25(33)24-28-15-19(16-29-24)23-3-1-2-21(14-27)32(23)34/h1-7,12-13,15-16H,8-11,14,27H2. The lowest BCUT2D eigenvalue weighted by Crippen LogP contribution is -2.50. The van der Waals surface area contributed by atoms with Gasteiger partial charge < -0.3 is 15.8 Å². The number of carbonyl (C=O) groups is 1. The minimum atomic E-state index is -3.73. The highest BCUT2D eigenvalue weighted by Gasteiger charge is 2.31. The second-order valence-corrected chi connectivity index (χ2v) is 10.9. The normalized spacial score (nSPS) is 14.7. The molecule has 2 aromatic heterocycles. The Labute approximate surface area is 218 Å². The van der Waals surface area contributed by atoms with Crippen LogP contribution in [0.15, 0.2) is 71.9 Å². The van der Waals surface area contributed by atoms with Crippen LogP contribution in [0.25, 0.3) is 22.0 Å². The van der Waals surface area contributed by atoms with E-state index in [9.17, 15) is 18.4 Å². The van der Waals surface area contributed by atoms with Crippen molar-refractivity contribution >= 4 is 38.3 Å². The van der Waals surface area contributed by atoms with Gasteiger partial charge in [-0.05, 0) is 41.1 Å². The van der Waals surface area contributed by atoms with Crippen molar-refractivity contribution in [1.29, 1.82) is 0 Å². The molecule has 1 aliphatic rings. The van der Waals surface area contributed by atoms with Crippen LogP contribution < -0.4 is 10.5 Å². The molecule has 12 heteroatoms. The maximum atomic E-state index is 13.2. The molecule has 0 atom stereocenters. The largest absolute Gasteiger partial charge is 0.618 e. The Balaban J connectivity index is 1.27. The molecule has 0 radical (unpaired) electrons. The number of nitrogens with zero attached hydrogens (tertiary/aromatic N) is 5. The minimum Gasteiger partial charge on any atom is -0.618 e. The van der Waals surface area contributed by atoms with Gasteiger partial charge in [0, 0.05) is 55.7 Å². The predicted octanol–water partition coefficient (Wildman–Crippen LogP) is 2.19. The first kappa shape index (κ1) is 25.0. The van der Waals surface area contributed by atoms with Gasteiger partial charge in [0.1, 0.15) is 0 Å². The van der Waals surface area contributed by atoms with Crippen LogP contribution >= 0.6 is 11.6 Å². The van der Waals surface area contributed by atoms with Gasteiger partial charge >= 0.3 is 0 Å². The Morgan fingerprint density at radius 1 is 1.00 bits per heavy atom. The molecule has 0 unspecified atom stereocenters. The monoisotopic (exact) mass is 538 g/mol. The van der Waals surface area contributed by atoms with Crippen molar-refractivity contribution in [3.63, 3.8) is 0 Å². The van der Waals surface area contributed by atoms with Gasteiger partial charge in [-0.15, -0.1) is 0 Å². The smallest absolute Gasteiger partial charge is 0.291 e. The number of aromatic nitrogens is 3. The Hall–Kier alpha value is -3.64. The fraction of sp³-hybridized carbons (Fsp3) is 0.200. The van der Waals surface area contributed by atoms with E-state index in [1.165, 1.54) is 21.6 Å². The van der Waals surface area contributed by atoms with Crippen LogP contribution in [-0.2, 0) is 16.6 Å². The number of pyridine rings is 1. The fourth-order valence-electron chi connectivity index (χ4n) is 4.25. The Morgan fingerprint density at radius 3 is 2.38 bits per heavy atom. The zero-order chi connectivity index (χ0) is 26.2. The number of benzene rings is 2. The number of halogens is 1. The maximum absolute atomic E-state index is 13.2. The summed E-state index contributed by atoms with van der Waals surface area (Å²) >= 11 is 6.02. The zero-order valence-corrected chi connectivity index (χ0v) is 21.2. The maximum Gasteiger partial charge on any atom is 0.291 e. The lowest BCUT2D eigenvalue weighted by molar-refractivity contribution is -0.602. The number of amides is 1. The minimum absolute atomic E-state index is 0.0272. The van der Waals surface area contributed by atoms with E-state index in [1.54, 1.807) is 54.6 Å². The van der Waals surface area contributed by atoms with Gasteiger partial charge in [0.2, 0.25) is 27.2 Å².